The number of methoxy groups -OCH3 is 1. The summed E-state index contributed by atoms with van der Waals surface area (Å²) in [6.07, 6.45) is 1.81. The number of hydrogen-bond donors (Lipinski definition) is 1. The van der Waals surface area contributed by atoms with Gasteiger partial charge in [0, 0.05) is 28.7 Å². The monoisotopic (exact) mass is 428 g/mol. The molecule has 0 fully saturated rings. The fourth-order valence-corrected chi connectivity index (χ4v) is 3.98. The number of rotatable bonds is 4. The molecule has 0 saturated carbocycles. The average Bonchev–Trinajstić information content (AvgIpc) is 3.24. The highest BCUT2D eigenvalue weighted by Gasteiger charge is 2.36. The molecule has 2 aromatic carbocycles. The van der Waals surface area contributed by atoms with Crippen molar-refractivity contribution < 1.29 is 13.9 Å². The number of benzene rings is 2. The highest BCUT2D eigenvalue weighted by molar-refractivity contribution is 5.93. The van der Waals surface area contributed by atoms with Gasteiger partial charge in [-0.05, 0) is 50.2 Å². The van der Waals surface area contributed by atoms with Crippen LogP contribution >= 0.6 is 0 Å². The van der Waals surface area contributed by atoms with Gasteiger partial charge in [-0.15, -0.1) is 0 Å². The molecule has 1 aromatic heterocycles. The molecule has 0 bridgehead atoms. The van der Waals surface area contributed by atoms with Crippen LogP contribution in [0.25, 0.3) is 16.9 Å². The van der Waals surface area contributed by atoms with Gasteiger partial charge in [-0.2, -0.15) is 10.4 Å². The topological polar surface area (TPSA) is 79.9 Å². The maximum Gasteiger partial charge on any atom is 0.336 e. The molecule has 7 heteroatoms. The maximum atomic E-state index is 13.6. The summed E-state index contributed by atoms with van der Waals surface area (Å²) in [5.74, 6) is -1.58. The van der Waals surface area contributed by atoms with Crippen molar-refractivity contribution in [1.82, 2.24) is 15.1 Å². The van der Waals surface area contributed by atoms with Gasteiger partial charge in [0.25, 0.3) is 0 Å². The molecule has 3 aromatic rings. The van der Waals surface area contributed by atoms with E-state index in [0.717, 1.165) is 5.69 Å². The Hall–Kier alpha value is -4.18. The van der Waals surface area contributed by atoms with E-state index in [0.29, 0.717) is 39.4 Å². The molecule has 0 amide bonds. The second kappa shape index (κ2) is 8.52. The summed E-state index contributed by atoms with van der Waals surface area (Å²) < 4.78 is 20.4. The molecule has 0 aliphatic carbocycles. The van der Waals surface area contributed by atoms with E-state index in [2.05, 4.69) is 11.4 Å². The van der Waals surface area contributed by atoms with E-state index in [9.17, 15) is 14.4 Å². The Morgan fingerprint density at radius 3 is 2.44 bits per heavy atom. The molecule has 0 spiro atoms. The Labute approximate surface area is 185 Å². The smallest absolute Gasteiger partial charge is 0.336 e. The highest BCUT2D eigenvalue weighted by Crippen LogP contribution is 2.42. The van der Waals surface area contributed by atoms with Crippen LogP contribution in [0, 0.1) is 17.1 Å². The Kier molecular flexibility index (Phi) is 5.61. The molecule has 1 aliphatic rings. The molecule has 0 saturated heterocycles. The van der Waals surface area contributed by atoms with Gasteiger partial charge in [-0.3, -0.25) is 0 Å². The van der Waals surface area contributed by atoms with Crippen molar-refractivity contribution >= 4 is 5.97 Å². The lowest BCUT2D eigenvalue weighted by Gasteiger charge is -2.28. The van der Waals surface area contributed by atoms with Gasteiger partial charge < -0.3 is 10.1 Å². The number of nitrogens with one attached hydrogen (secondary N) is 1. The van der Waals surface area contributed by atoms with Gasteiger partial charge in [0.05, 0.1) is 41.6 Å². The standard InChI is InChI=1S/C25H21FN4O2/c1-15-20(13-27)23(22(16(2)28-15)25(31)32-3)21-14-30(19-7-5-4-6-8-19)29-24(21)17-9-11-18(26)12-10-17/h4-12,14,23,28H,1-3H3/t23-/m1/s1. The Balaban J connectivity index is 2.00. The first-order valence-electron chi connectivity index (χ1n) is 10.0. The minimum Gasteiger partial charge on any atom is -0.466 e. The van der Waals surface area contributed by atoms with E-state index in [1.807, 2.05) is 36.5 Å². The molecule has 1 atom stereocenters. The SMILES string of the molecule is COC(=O)C1=C(C)NC(C)=C(C#N)[C@@H]1c1cn(-c2ccccc2)nc1-c1ccc(F)cc1. The lowest BCUT2D eigenvalue weighted by Crippen LogP contribution is -2.28. The van der Waals surface area contributed by atoms with Crippen molar-refractivity contribution in [1.29, 1.82) is 5.26 Å². The molecule has 0 radical (unpaired) electrons. The summed E-state index contributed by atoms with van der Waals surface area (Å²) in [5.41, 5.74) is 4.68. The molecule has 6 nitrogen and oxygen atoms in total. The lowest BCUT2D eigenvalue weighted by molar-refractivity contribution is -0.136. The van der Waals surface area contributed by atoms with Crippen LogP contribution in [0.2, 0.25) is 0 Å². The molecule has 4 rings (SSSR count). The number of aromatic nitrogens is 2. The third-order valence-corrected chi connectivity index (χ3v) is 5.48. The van der Waals surface area contributed by atoms with Gasteiger partial charge in [0.1, 0.15) is 5.82 Å². The van der Waals surface area contributed by atoms with Crippen LogP contribution in [-0.4, -0.2) is 22.9 Å². The van der Waals surface area contributed by atoms with Crippen LogP contribution in [0.5, 0.6) is 0 Å². The van der Waals surface area contributed by atoms with Crippen LogP contribution in [-0.2, 0) is 9.53 Å². The van der Waals surface area contributed by atoms with Crippen molar-refractivity contribution in [2.45, 2.75) is 19.8 Å². The number of nitrogens with zero attached hydrogens (tertiary/aromatic N) is 3. The minimum atomic E-state index is -0.689. The zero-order valence-corrected chi connectivity index (χ0v) is 17.9. The summed E-state index contributed by atoms with van der Waals surface area (Å²) in [5, 5.41) is 17.8. The number of ether oxygens (including phenoxy) is 1. The van der Waals surface area contributed by atoms with E-state index < -0.39 is 11.9 Å². The number of halogens is 1. The number of carbonyl (C=O) groups is 1. The minimum absolute atomic E-state index is 0.339. The van der Waals surface area contributed by atoms with Crippen LogP contribution in [0.15, 0.2) is 83.3 Å². The van der Waals surface area contributed by atoms with Gasteiger partial charge in [0.15, 0.2) is 0 Å². The predicted octanol–water partition coefficient (Wildman–Crippen LogP) is 4.61. The third-order valence-electron chi connectivity index (χ3n) is 5.48. The molecule has 32 heavy (non-hydrogen) atoms. The first-order valence-corrected chi connectivity index (χ1v) is 10.0. The lowest BCUT2D eigenvalue weighted by atomic mass is 9.80. The average molecular weight is 428 g/mol. The molecule has 160 valence electrons. The molecule has 1 N–H and O–H groups in total. The number of para-hydroxylation sites is 1. The Bertz CT molecular complexity index is 1280. The number of nitriles is 1. The van der Waals surface area contributed by atoms with Crippen molar-refractivity contribution in [3.05, 3.63) is 94.7 Å². The van der Waals surface area contributed by atoms with Crippen molar-refractivity contribution in [3.63, 3.8) is 0 Å². The number of carbonyl (C=O) groups excluding carboxylic acids is 1. The summed E-state index contributed by atoms with van der Waals surface area (Å²) >= 11 is 0. The largest absolute Gasteiger partial charge is 0.466 e. The van der Waals surface area contributed by atoms with Gasteiger partial charge >= 0.3 is 5.97 Å². The summed E-state index contributed by atoms with van der Waals surface area (Å²) in [7, 11) is 1.31. The summed E-state index contributed by atoms with van der Waals surface area (Å²) in [6.45, 7) is 3.57. The number of hydrogen-bond acceptors (Lipinski definition) is 5. The van der Waals surface area contributed by atoms with E-state index in [-0.39, 0.29) is 5.82 Å². The second-order valence-electron chi connectivity index (χ2n) is 7.46. The third kappa shape index (κ3) is 3.67. The van der Waals surface area contributed by atoms with Crippen LogP contribution < -0.4 is 5.32 Å². The summed E-state index contributed by atoms with van der Waals surface area (Å²) in [4.78, 5) is 12.8. The van der Waals surface area contributed by atoms with Crippen LogP contribution in [0.3, 0.4) is 0 Å². The first-order chi connectivity index (χ1) is 15.4. The fraction of sp³-hybridized carbons (Fsp3) is 0.160. The zero-order chi connectivity index (χ0) is 22.8. The van der Waals surface area contributed by atoms with Crippen LogP contribution in [0.4, 0.5) is 4.39 Å². The molecule has 2 heterocycles. The molecular weight excluding hydrogens is 407 g/mol. The van der Waals surface area contributed by atoms with Crippen molar-refractivity contribution in [2.75, 3.05) is 7.11 Å². The number of esters is 1. The predicted molar refractivity (Wildman–Crippen MR) is 118 cm³/mol. The van der Waals surface area contributed by atoms with Gasteiger partial charge in [-0.1, -0.05) is 18.2 Å². The van der Waals surface area contributed by atoms with E-state index in [1.54, 1.807) is 30.7 Å². The van der Waals surface area contributed by atoms with Crippen LogP contribution in [0.1, 0.15) is 25.3 Å². The van der Waals surface area contributed by atoms with Crippen molar-refractivity contribution in [2.24, 2.45) is 0 Å². The number of dihydropyridines is 1. The van der Waals surface area contributed by atoms with Crippen molar-refractivity contribution in [3.8, 4) is 23.0 Å². The van der Waals surface area contributed by atoms with E-state index >= 15 is 0 Å². The molecule has 0 unspecified atom stereocenters. The Morgan fingerprint density at radius 1 is 1.12 bits per heavy atom. The Morgan fingerprint density at radius 2 is 1.81 bits per heavy atom. The zero-order valence-electron chi connectivity index (χ0n) is 17.9. The number of allylic oxidation sites excluding steroid dienone is 3. The molecular formula is C25H21FN4O2. The van der Waals surface area contributed by atoms with E-state index in [1.165, 1.54) is 19.2 Å². The molecule has 1 aliphatic heterocycles. The van der Waals surface area contributed by atoms with E-state index in [4.69, 9.17) is 9.84 Å². The normalized spacial score (nSPS) is 15.9. The quantitative estimate of drug-likeness (QED) is 0.614. The maximum absolute atomic E-state index is 13.6. The van der Waals surface area contributed by atoms with Gasteiger partial charge in [-0.25, -0.2) is 13.9 Å². The van der Waals surface area contributed by atoms with Gasteiger partial charge in [0.2, 0.25) is 0 Å². The highest BCUT2D eigenvalue weighted by atomic mass is 19.1. The fourth-order valence-electron chi connectivity index (χ4n) is 3.98. The second-order valence-corrected chi connectivity index (χ2v) is 7.46. The summed E-state index contributed by atoms with van der Waals surface area (Å²) in [6, 6.07) is 17.7. The first kappa shape index (κ1) is 21.1.